The Balaban J connectivity index is 2.92. The molecule has 1 unspecified atom stereocenters. The number of carbonyl (C=O) groups is 1. The first-order chi connectivity index (χ1) is 9.18. The summed E-state index contributed by atoms with van der Waals surface area (Å²) in [5.74, 6) is -0.299. The molecule has 0 fully saturated rings. The van der Waals surface area contributed by atoms with Gasteiger partial charge >= 0.3 is 5.97 Å². The molecule has 0 bridgehead atoms. The maximum Gasteiger partial charge on any atom is 0.341 e. The van der Waals surface area contributed by atoms with E-state index in [1.807, 2.05) is 14.0 Å². The van der Waals surface area contributed by atoms with Gasteiger partial charge in [-0.2, -0.15) is 5.10 Å². The summed E-state index contributed by atoms with van der Waals surface area (Å²) in [6.07, 6.45) is 1.59. The molecule has 0 saturated heterocycles. The molecule has 0 aromatic carbocycles. The highest BCUT2D eigenvalue weighted by Gasteiger charge is 2.26. The average Bonchev–Trinajstić information content (AvgIpc) is 2.69. The summed E-state index contributed by atoms with van der Waals surface area (Å²) >= 11 is 0. The second-order valence-electron chi connectivity index (χ2n) is 6.31. The van der Waals surface area contributed by atoms with Crippen molar-refractivity contribution < 1.29 is 9.53 Å². The van der Waals surface area contributed by atoms with Gasteiger partial charge in [-0.15, -0.1) is 0 Å². The molecule has 1 aromatic heterocycles. The highest BCUT2D eigenvalue weighted by atomic mass is 16.5. The predicted octanol–water partition coefficient (Wildman–Crippen LogP) is 2.46. The van der Waals surface area contributed by atoms with Crippen LogP contribution in [-0.4, -0.2) is 40.3 Å². The fraction of sp³-hybridized carbons (Fsp3) is 0.733. The Morgan fingerprint density at radius 2 is 2.10 bits per heavy atom. The first-order valence-electron chi connectivity index (χ1n) is 7.06. The van der Waals surface area contributed by atoms with Crippen LogP contribution in [0.15, 0.2) is 6.20 Å². The summed E-state index contributed by atoms with van der Waals surface area (Å²) in [5, 5.41) is 4.18. The predicted molar refractivity (Wildman–Crippen MR) is 79.5 cm³/mol. The van der Waals surface area contributed by atoms with E-state index in [-0.39, 0.29) is 11.4 Å². The Morgan fingerprint density at radius 3 is 2.60 bits per heavy atom. The number of hydrogen-bond donors (Lipinski definition) is 0. The van der Waals surface area contributed by atoms with Crippen LogP contribution in [0.4, 0.5) is 0 Å². The van der Waals surface area contributed by atoms with Gasteiger partial charge < -0.3 is 4.74 Å². The van der Waals surface area contributed by atoms with Crippen molar-refractivity contribution in [1.82, 2.24) is 14.7 Å². The van der Waals surface area contributed by atoms with Crippen molar-refractivity contribution in [1.29, 1.82) is 0 Å². The van der Waals surface area contributed by atoms with Crippen LogP contribution in [-0.2, 0) is 18.3 Å². The Bertz CT molecular complexity index is 460. The summed E-state index contributed by atoms with van der Waals surface area (Å²) in [6, 6.07) is 0.382. The molecule has 1 aromatic rings. The van der Waals surface area contributed by atoms with E-state index < -0.39 is 0 Å². The summed E-state index contributed by atoms with van der Waals surface area (Å²) in [5.41, 5.74) is 1.63. The van der Waals surface area contributed by atoms with E-state index in [4.69, 9.17) is 4.74 Å². The molecule has 0 saturated carbocycles. The molecular formula is C15H27N3O2. The van der Waals surface area contributed by atoms with Gasteiger partial charge in [0, 0.05) is 19.6 Å². The van der Waals surface area contributed by atoms with Crippen LogP contribution in [0.5, 0.6) is 0 Å². The van der Waals surface area contributed by atoms with Crippen molar-refractivity contribution in [2.75, 3.05) is 13.7 Å². The van der Waals surface area contributed by atoms with Crippen LogP contribution in [0.2, 0.25) is 0 Å². The lowest BCUT2D eigenvalue weighted by Gasteiger charge is -2.35. The standard InChI is InChI=1S/C15H27N3O2/c1-8-20-14(19)12-9-16-18(7)13(12)10-17(6)11(2)15(3,4)5/h9,11H,8,10H2,1-7H3. The van der Waals surface area contributed by atoms with Crippen LogP contribution < -0.4 is 0 Å². The summed E-state index contributed by atoms with van der Waals surface area (Å²) in [7, 11) is 3.92. The lowest BCUT2D eigenvalue weighted by Crippen LogP contribution is -2.39. The fourth-order valence-electron chi connectivity index (χ4n) is 2.06. The molecule has 0 aliphatic carbocycles. The van der Waals surface area contributed by atoms with E-state index in [0.29, 0.717) is 24.8 Å². The maximum atomic E-state index is 11.9. The number of aryl methyl sites for hydroxylation is 1. The van der Waals surface area contributed by atoms with E-state index in [9.17, 15) is 4.79 Å². The maximum absolute atomic E-state index is 11.9. The highest BCUT2D eigenvalue weighted by molar-refractivity contribution is 5.90. The molecule has 1 rings (SSSR count). The third-order valence-electron chi connectivity index (χ3n) is 3.87. The molecule has 114 valence electrons. The molecule has 0 spiro atoms. The van der Waals surface area contributed by atoms with Gasteiger partial charge in [-0.1, -0.05) is 20.8 Å². The molecule has 20 heavy (non-hydrogen) atoms. The smallest absolute Gasteiger partial charge is 0.341 e. The van der Waals surface area contributed by atoms with Gasteiger partial charge in [0.15, 0.2) is 0 Å². The summed E-state index contributed by atoms with van der Waals surface area (Å²) < 4.78 is 6.83. The quantitative estimate of drug-likeness (QED) is 0.778. The van der Waals surface area contributed by atoms with Gasteiger partial charge in [0.1, 0.15) is 5.56 Å². The van der Waals surface area contributed by atoms with Crippen molar-refractivity contribution in [2.24, 2.45) is 12.5 Å². The number of hydrogen-bond acceptors (Lipinski definition) is 4. The van der Waals surface area contributed by atoms with Gasteiger partial charge in [0.05, 0.1) is 18.5 Å². The molecule has 0 aliphatic rings. The van der Waals surface area contributed by atoms with Crippen LogP contribution in [0.1, 0.15) is 50.7 Å². The van der Waals surface area contributed by atoms with E-state index in [1.54, 1.807) is 10.9 Å². The van der Waals surface area contributed by atoms with Gasteiger partial charge in [-0.3, -0.25) is 9.58 Å². The SMILES string of the molecule is CCOC(=O)c1cnn(C)c1CN(C)C(C)C(C)(C)C. The van der Waals surface area contributed by atoms with Crippen molar-refractivity contribution >= 4 is 5.97 Å². The zero-order valence-electron chi connectivity index (χ0n) is 13.7. The number of aromatic nitrogens is 2. The molecular weight excluding hydrogens is 254 g/mol. The topological polar surface area (TPSA) is 47.4 Å². The molecule has 5 nitrogen and oxygen atoms in total. The lowest BCUT2D eigenvalue weighted by molar-refractivity contribution is 0.0522. The third-order valence-corrected chi connectivity index (χ3v) is 3.87. The zero-order valence-corrected chi connectivity index (χ0v) is 13.7. The Kier molecular flexibility index (Phi) is 5.34. The van der Waals surface area contributed by atoms with E-state index in [2.05, 4.69) is 44.7 Å². The minimum Gasteiger partial charge on any atom is -0.462 e. The van der Waals surface area contributed by atoms with Crippen molar-refractivity contribution in [3.63, 3.8) is 0 Å². The van der Waals surface area contributed by atoms with Crippen molar-refractivity contribution in [3.05, 3.63) is 17.5 Å². The Hall–Kier alpha value is -1.36. The first-order valence-corrected chi connectivity index (χ1v) is 7.06. The molecule has 0 N–H and O–H groups in total. The van der Waals surface area contributed by atoms with E-state index in [0.717, 1.165) is 5.69 Å². The Morgan fingerprint density at radius 1 is 1.50 bits per heavy atom. The molecule has 0 amide bonds. The Labute approximate surface area is 121 Å². The molecule has 0 radical (unpaired) electrons. The van der Waals surface area contributed by atoms with Crippen molar-refractivity contribution in [3.8, 4) is 0 Å². The monoisotopic (exact) mass is 281 g/mol. The minimum absolute atomic E-state index is 0.178. The third kappa shape index (κ3) is 3.82. The van der Waals surface area contributed by atoms with Crippen LogP contribution >= 0.6 is 0 Å². The first kappa shape index (κ1) is 16.7. The highest BCUT2D eigenvalue weighted by Crippen LogP contribution is 2.24. The molecule has 0 aliphatic heterocycles. The van der Waals surface area contributed by atoms with Crippen LogP contribution in [0.3, 0.4) is 0 Å². The van der Waals surface area contributed by atoms with Gasteiger partial charge in [-0.25, -0.2) is 4.79 Å². The number of esters is 1. The van der Waals surface area contributed by atoms with Crippen LogP contribution in [0.25, 0.3) is 0 Å². The number of rotatable bonds is 5. The second kappa shape index (κ2) is 6.39. The van der Waals surface area contributed by atoms with Gasteiger partial charge in [-0.05, 0) is 26.3 Å². The normalized spacial score (nSPS) is 13.6. The lowest BCUT2D eigenvalue weighted by atomic mass is 9.87. The fourth-order valence-corrected chi connectivity index (χ4v) is 2.06. The molecule has 1 heterocycles. The number of carbonyl (C=O) groups excluding carboxylic acids is 1. The summed E-state index contributed by atoms with van der Waals surface area (Å²) in [4.78, 5) is 14.2. The zero-order chi connectivity index (χ0) is 15.5. The summed E-state index contributed by atoms with van der Waals surface area (Å²) in [6.45, 7) is 11.7. The van der Waals surface area contributed by atoms with Crippen LogP contribution in [0, 0.1) is 5.41 Å². The average molecular weight is 281 g/mol. The molecule has 1 atom stereocenters. The number of nitrogens with zero attached hydrogens (tertiary/aromatic N) is 3. The largest absolute Gasteiger partial charge is 0.462 e. The van der Waals surface area contributed by atoms with Gasteiger partial charge in [0.2, 0.25) is 0 Å². The van der Waals surface area contributed by atoms with E-state index in [1.165, 1.54) is 0 Å². The second-order valence-corrected chi connectivity index (χ2v) is 6.31. The van der Waals surface area contributed by atoms with Crippen molar-refractivity contribution in [2.45, 2.75) is 47.2 Å². The minimum atomic E-state index is -0.299. The number of ether oxygens (including phenoxy) is 1. The van der Waals surface area contributed by atoms with Gasteiger partial charge in [0.25, 0.3) is 0 Å². The molecule has 5 heteroatoms. The van der Waals surface area contributed by atoms with E-state index >= 15 is 0 Å².